The van der Waals surface area contributed by atoms with Crippen molar-refractivity contribution in [3.8, 4) is 5.69 Å². The lowest BCUT2D eigenvalue weighted by Crippen LogP contribution is -2.15. The van der Waals surface area contributed by atoms with Crippen LogP contribution in [0.5, 0.6) is 0 Å². The van der Waals surface area contributed by atoms with Gasteiger partial charge in [-0.05, 0) is 67.3 Å². The molecule has 0 atom stereocenters. The molecule has 2 heterocycles. The van der Waals surface area contributed by atoms with Crippen LogP contribution >= 0.6 is 8.38 Å². The fraction of sp³-hybridized carbons (Fsp3) is 0.292. The Labute approximate surface area is 188 Å². The molecule has 1 saturated carbocycles. The number of nitrogens with one attached hydrogen (secondary N) is 1. The summed E-state index contributed by atoms with van der Waals surface area (Å²) in [6.07, 6.45) is 8.23. The average Bonchev–Trinajstić information content (AvgIpc) is 3.25. The van der Waals surface area contributed by atoms with Crippen molar-refractivity contribution in [1.82, 2.24) is 19.5 Å². The van der Waals surface area contributed by atoms with E-state index in [2.05, 4.69) is 44.5 Å². The van der Waals surface area contributed by atoms with Crippen molar-refractivity contribution in [2.75, 3.05) is 11.5 Å². The Morgan fingerprint density at radius 2 is 1.66 bits per heavy atom. The number of rotatable bonds is 6. The van der Waals surface area contributed by atoms with Crippen molar-refractivity contribution in [1.29, 1.82) is 0 Å². The average molecular weight is 447 g/mol. The van der Waals surface area contributed by atoms with Gasteiger partial charge in [0.2, 0.25) is 0 Å². The summed E-state index contributed by atoms with van der Waals surface area (Å²) in [5, 5.41) is 3.32. The van der Waals surface area contributed by atoms with E-state index in [1.54, 1.807) is 12.7 Å². The summed E-state index contributed by atoms with van der Waals surface area (Å²) < 4.78 is 1.98. The van der Waals surface area contributed by atoms with Crippen molar-refractivity contribution in [2.24, 2.45) is 5.92 Å². The number of imidazole rings is 1. The number of nitrogens with zero attached hydrogens (tertiary/aromatic N) is 4. The summed E-state index contributed by atoms with van der Waals surface area (Å²) in [4.78, 5) is 32.0. The summed E-state index contributed by atoms with van der Waals surface area (Å²) in [5.74, 6) is 1.66. The highest BCUT2D eigenvalue weighted by molar-refractivity contribution is 7.45. The standard InChI is InChI=1S/C24H26N5O2P/c30-32(31)14-17-6-8-18(9-7-17)19-10-12-21(13-11-19)29-16-27-22-23(25-15-26-24(22)29)28-20-4-2-1-3-5-20/h1-5,10-13,15-18,30-31H,6-9,14H2,(H,25,26,28). The van der Waals surface area contributed by atoms with Gasteiger partial charge >= 0.3 is 0 Å². The van der Waals surface area contributed by atoms with E-state index in [0.717, 1.165) is 48.2 Å². The summed E-state index contributed by atoms with van der Waals surface area (Å²) in [6, 6.07) is 18.5. The third kappa shape index (κ3) is 4.51. The first kappa shape index (κ1) is 21.0. The normalized spacial score (nSPS) is 18.8. The van der Waals surface area contributed by atoms with E-state index in [1.807, 2.05) is 34.9 Å². The summed E-state index contributed by atoms with van der Waals surface area (Å²) in [6.45, 7) is 0. The molecule has 0 unspecified atom stereocenters. The number of hydrogen-bond donors (Lipinski definition) is 3. The smallest absolute Gasteiger partial charge is 0.170 e. The summed E-state index contributed by atoms with van der Waals surface area (Å²) >= 11 is 0. The van der Waals surface area contributed by atoms with Crippen LogP contribution in [0, 0.1) is 5.92 Å². The van der Waals surface area contributed by atoms with E-state index in [4.69, 9.17) is 0 Å². The zero-order chi connectivity index (χ0) is 21.9. The van der Waals surface area contributed by atoms with Crippen LogP contribution in [-0.2, 0) is 0 Å². The van der Waals surface area contributed by atoms with Crippen LogP contribution in [0.1, 0.15) is 37.2 Å². The summed E-state index contributed by atoms with van der Waals surface area (Å²) in [7, 11) is -1.77. The Hall–Kier alpha value is -2.86. The first-order valence-electron chi connectivity index (χ1n) is 10.9. The second kappa shape index (κ2) is 9.33. The maximum atomic E-state index is 9.27. The fourth-order valence-electron chi connectivity index (χ4n) is 4.59. The molecule has 1 aliphatic rings. The summed E-state index contributed by atoms with van der Waals surface area (Å²) in [5.41, 5.74) is 4.80. The molecular formula is C24H26N5O2P. The van der Waals surface area contributed by atoms with Crippen LogP contribution in [-0.4, -0.2) is 35.5 Å². The highest BCUT2D eigenvalue weighted by Crippen LogP contribution is 2.40. The minimum Gasteiger partial charge on any atom is -0.350 e. The predicted octanol–water partition coefficient (Wildman–Crippen LogP) is 5.13. The highest BCUT2D eigenvalue weighted by Gasteiger charge is 2.24. The van der Waals surface area contributed by atoms with Crippen LogP contribution in [0.4, 0.5) is 11.5 Å². The van der Waals surface area contributed by atoms with Crippen molar-refractivity contribution in [3.05, 3.63) is 72.8 Å². The van der Waals surface area contributed by atoms with Gasteiger partial charge in [-0.1, -0.05) is 30.3 Å². The van der Waals surface area contributed by atoms with Crippen LogP contribution < -0.4 is 5.32 Å². The van der Waals surface area contributed by atoms with Gasteiger partial charge in [-0.2, -0.15) is 0 Å². The lowest BCUT2D eigenvalue weighted by atomic mass is 9.79. The Kier molecular flexibility index (Phi) is 6.12. The van der Waals surface area contributed by atoms with Crippen molar-refractivity contribution in [2.45, 2.75) is 31.6 Å². The van der Waals surface area contributed by atoms with Gasteiger partial charge in [0, 0.05) is 17.5 Å². The molecule has 0 aliphatic heterocycles. The quantitative estimate of drug-likeness (QED) is 0.355. The number of aromatic nitrogens is 4. The zero-order valence-corrected chi connectivity index (χ0v) is 18.6. The number of fused-ring (bicyclic) bond motifs is 1. The molecule has 4 aromatic rings. The molecule has 0 bridgehead atoms. The minimum absolute atomic E-state index is 0.447. The maximum Gasteiger partial charge on any atom is 0.170 e. The van der Waals surface area contributed by atoms with Crippen LogP contribution in [0.15, 0.2) is 67.3 Å². The third-order valence-electron chi connectivity index (χ3n) is 6.28. The number of hydrogen-bond acceptors (Lipinski definition) is 6. The van der Waals surface area contributed by atoms with Gasteiger partial charge in [-0.3, -0.25) is 4.57 Å². The Balaban J connectivity index is 1.33. The first-order chi connectivity index (χ1) is 15.7. The van der Waals surface area contributed by atoms with Gasteiger partial charge in [0.1, 0.15) is 12.7 Å². The van der Waals surface area contributed by atoms with E-state index in [9.17, 15) is 9.79 Å². The molecule has 2 aromatic heterocycles. The fourth-order valence-corrected chi connectivity index (χ4v) is 5.42. The second-order valence-electron chi connectivity index (χ2n) is 8.36. The molecule has 2 aromatic carbocycles. The topological polar surface area (TPSA) is 96.1 Å². The van der Waals surface area contributed by atoms with Gasteiger partial charge in [-0.15, -0.1) is 0 Å². The van der Waals surface area contributed by atoms with Crippen LogP contribution in [0.25, 0.3) is 16.9 Å². The largest absolute Gasteiger partial charge is 0.350 e. The molecule has 0 spiro atoms. The van der Waals surface area contributed by atoms with Crippen molar-refractivity contribution >= 4 is 31.0 Å². The maximum absolute atomic E-state index is 9.27. The predicted molar refractivity (Wildman–Crippen MR) is 127 cm³/mol. The molecule has 3 N–H and O–H groups in total. The molecule has 7 nitrogen and oxygen atoms in total. The minimum atomic E-state index is -1.77. The molecule has 1 fully saturated rings. The molecule has 5 rings (SSSR count). The van der Waals surface area contributed by atoms with Crippen LogP contribution in [0.3, 0.4) is 0 Å². The Bertz CT molecular complexity index is 1170. The van der Waals surface area contributed by atoms with Crippen molar-refractivity contribution in [3.63, 3.8) is 0 Å². The van der Waals surface area contributed by atoms with Gasteiger partial charge in [0.15, 0.2) is 25.4 Å². The molecule has 0 saturated heterocycles. The van der Waals surface area contributed by atoms with Gasteiger partial charge in [-0.25, -0.2) is 15.0 Å². The van der Waals surface area contributed by atoms with Crippen molar-refractivity contribution < 1.29 is 9.79 Å². The van der Waals surface area contributed by atoms with E-state index >= 15 is 0 Å². The zero-order valence-electron chi connectivity index (χ0n) is 17.7. The monoisotopic (exact) mass is 447 g/mol. The number of para-hydroxylation sites is 1. The van der Waals surface area contributed by atoms with Crippen LogP contribution in [0.2, 0.25) is 0 Å². The molecular weight excluding hydrogens is 421 g/mol. The third-order valence-corrected chi connectivity index (χ3v) is 7.12. The molecule has 0 amide bonds. The molecule has 32 heavy (non-hydrogen) atoms. The lowest BCUT2D eigenvalue weighted by molar-refractivity contribution is 0.340. The molecule has 0 radical (unpaired) electrons. The van der Waals surface area contributed by atoms with Gasteiger partial charge in [0.25, 0.3) is 0 Å². The van der Waals surface area contributed by atoms with E-state index in [1.165, 1.54) is 5.56 Å². The van der Waals surface area contributed by atoms with E-state index < -0.39 is 8.38 Å². The van der Waals surface area contributed by atoms with E-state index in [0.29, 0.717) is 23.8 Å². The first-order valence-corrected chi connectivity index (χ1v) is 12.4. The molecule has 1 aliphatic carbocycles. The number of benzene rings is 2. The molecule has 164 valence electrons. The molecule has 8 heteroatoms. The Morgan fingerprint density at radius 3 is 2.38 bits per heavy atom. The number of anilines is 2. The lowest BCUT2D eigenvalue weighted by Gasteiger charge is -2.29. The van der Waals surface area contributed by atoms with Gasteiger partial charge in [0.05, 0.1) is 0 Å². The van der Waals surface area contributed by atoms with E-state index in [-0.39, 0.29) is 0 Å². The van der Waals surface area contributed by atoms with Gasteiger partial charge < -0.3 is 15.1 Å². The SMILES string of the molecule is OP(O)CC1CCC(c2ccc(-n3cnc4c(Nc5ccccc5)ncnc43)cc2)CC1. The highest BCUT2D eigenvalue weighted by atomic mass is 31.2. The second-order valence-corrected chi connectivity index (χ2v) is 9.47. The Morgan fingerprint density at radius 1 is 0.906 bits per heavy atom.